The number of aromatic nitrogens is 1. The molecule has 0 aliphatic rings. The van der Waals surface area contributed by atoms with E-state index in [0.29, 0.717) is 18.0 Å². The normalized spacial score (nSPS) is 11.3. The summed E-state index contributed by atoms with van der Waals surface area (Å²) >= 11 is 0. The first kappa shape index (κ1) is 14.7. The number of aromatic amines is 1. The zero-order valence-corrected chi connectivity index (χ0v) is 11.5. The Morgan fingerprint density at radius 1 is 1.42 bits per heavy atom. The Kier molecular flexibility index (Phi) is 4.68. The first-order valence-electron chi connectivity index (χ1n) is 5.84. The summed E-state index contributed by atoms with van der Waals surface area (Å²) in [5.74, 6) is -0.412. The number of hydrogen-bond donors (Lipinski definition) is 3. The lowest BCUT2D eigenvalue weighted by atomic mass is 10.1. The number of ether oxygens (including phenoxy) is 1. The molecule has 0 saturated heterocycles. The van der Waals surface area contributed by atoms with Crippen molar-refractivity contribution in [2.24, 2.45) is 10.8 Å². The van der Waals surface area contributed by atoms with Crippen molar-refractivity contribution in [3.05, 3.63) is 22.5 Å². The van der Waals surface area contributed by atoms with Crippen LogP contribution in [0.25, 0.3) is 0 Å². The van der Waals surface area contributed by atoms with E-state index in [1.165, 1.54) is 0 Å². The second-order valence-electron chi connectivity index (χ2n) is 4.02. The number of hydrazone groups is 1. The van der Waals surface area contributed by atoms with Crippen LogP contribution in [-0.4, -0.2) is 29.3 Å². The summed E-state index contributed by atoms with van der Waals surface area (Å²) in [5, 5.41) is 3.85. The van der Waals surface area contributed by atoms with Crippen molar-refractivity contribution in [1.29, 1.82) is 0 Å². The second kappa shape index (κ2) is 6.03. The van der Waals surface area contributed by atoms with Gasteiger partial charge in [-0.1, -0.05) is 0 Å². The fourth-order valence-corrected chi connectivity index (χ4v) is 1.89. The van der Waals surface area contributed by atoms with E-state index in [-0.39, 0.29) is 0 Å². The quantitative estimate of drug-likeness (QED) is 0.432. The lowest BCUT2D eigenvalue weighted by Gasteiger charge is -2.03. The Labute approximate surface area is 111 Å². The van der Waals surface area contributed by atoms with Crippen molar-refractivity contribution in [3.63, 3.8) is 0 Å². The third-order valence-electron chi connectivity index (χ3n) is 2.61. The van der Waals surface area contributed by atoms with E-state index in [9.17, 15) is 9.59 Å². The minimum atomic E-state index is -0.740. The minimum absolute atomic E-state index is 0.308. The molecular formula is C12H18N4O3. The largest absolute Gasteiger partial charge is 0.461 e. The number of carbonyl (C=O) groups excluding carboxylic acids is 2. The van der Waals surface area contributed by atoms with Crippen LogP contribution in [0, 0.1) is 13.8 Å². The Morgan fingerprint density at radius 2 is 2.05 bits per heavy atom. The number of hydrogen-bond acceptors (Lipinski definition) is 4. The van der Waals surface area contributed by atoms with Crippen LogP contribution in [0.1, 0.15) is 41.2 Å². The molecule has 0 aliphatic heterocycles. The molecule has 2 amide bonds. The second-order valence-corrected chi connectivity index (χ2v) is 4.02. The molecule has 4 N–H and O–H groups in total. The van der Waals surface area contributed by atoms with Gasteiger partial charge in [0.1, 0.15) is 5.69 Å². The smallest absolute Gasteiger partial charge is 0.355 e. The van der Waals surface area contributed by atoms with E-state index in [2.05, 4.69) is 15.5 Å². The fourth-order valence-electron chi connectivity index (χ4n) is 1.89. The first-order valence-corrected chi connectivity index (χ1v) is 5.84. The zero-order chi connectivity index (χ0) is 14.6. The van der Waals surface area contributed by atoms with Crippen LogP contribution in [-0.2, 0) is 4.74 Å². The average molecular weight is 266 g/mol. The highest BCUT2D eigenvalue weighted by Crippen LogP contribution is 2.19. The Bertz CT molecular complexity index is 531. The Morgan fingerprint density at radius 3 is 2.58 bits per heavy atom. The van der Waals surface area contributed by atoms with E-state index in [4.69, 9.17) is 10.5 Å². The number of nitrogens with one attached hydrogen (secondary N) is 2. The number of aryl methyl sites for hydroxylation is 1. The van der Waals surface area contributed by atoms with Crippen LogP contribution >= 0.6 is 0 Å². The van der Waals surface area contributed by atoms with Gasteiger partial charge in [0.05, 0.1) is 12.3 Å². The molecule has 0 aromatic carbocycles. The SMILES string of the molecule is CCOC(=O)c1[nH]c(C)c(/C(C)=N/NC(N)=O)c1C. The highest BCUT2D eigenvalue weighted by Gasteiger charge is 2.19. The lowest BCUT2D eigenvalue weighted by molar-refractivity contribution is 0.0519. The van der Waals surface area contributed by atoms with Crippen molar-refractivity contribution < 1.29 is 14.3 Å². The molecule has 0 spiro atoms. The summed E-state index contributed by atoms with van der Waals surface area (Å²) < 4.78 is 4.96. The predicted molar refractivity (Wildman–Crippen MR) is 71.2 cm³/mol. The number of primary amides is 1. The van der Waals surface area contributed by atoms with Crippen molar-refractivity contribution in [3.8, 4) is 0 Å². The van der Waals surface area contributed by atoms with Gasteiger partial charge in [-0.2, -0.15) is 5.10 Å². The number of rotatable bonds is 4. The van der Waals surface area contributed by atoms with Gasteiger partial charge in [-0.05, 0) is 33.3 Å². The van der Waals surface area contributed by atoms with Crippen LogP contribution in [0.4, 0.5) is 4.79 Å². The molecule has 0 atom stereocenters. The number of nitrogens with two attached hydrogens (primary N) is 1. The molecular weight excluding hydrogens is 248 g/mol. The summed E-state index contributed by atoms with van der Waals surface area (Å²) in [6.45, 7) is 7.37. The van der Waals surface area contributed by atoms with Gasteiger partial charge in [-0.25, -0.2) is 15.0 Å². The number of esters is 1. The third-order valence-corrected chi connectivity index (χ3v) is 2.61. The zero-order valence-electron chi connectivity index (χ0n) is 11.5. The van der Waals surface area contributed by atoms with Gasteiger partial charge in [-0.3, -0.25) is 0 Å². The van der Waals surface area contributed by atoms with E-state index >= 15 is 0 Å². The lowest BCUT2D eigenvalue weighted by Crippen LogP contribution is -2.25. The van der Waals surface area contributed by atoms with Gasteiger partial charge in [0.25, 0.3) is 0 Å². The van der Waals surface area contributed by atoms with E-state index < -0.39 is 12.0 Å². The summed E-state index contributed by atoms with van der Waals surface area (Å²) in [5.41, 5.74) is 10.3. The van der Waals surface area contributed by atoms with Crippen LogP contribution in [0.5, 0.6) is 0 Å². The Balaban J connectivity index is 3.13. The minimum Gasteiger partial charge on any atom is -0.461 e. The summed E-state index contributed by atoms with van der Waals surface area (Å²) in [7, 11) is 0. The molecule has 1 aromatic rings. The number of urea groups is 1. The number of carbonyl (C=O) groups is 2. The average Bonchev–Trinajstić information content (AvgIpc) is 2.62. The summed E-state index contributed by atoms with van der Waals surface area (Å²) in [6.07, 6.45) is 0. The van der Waals surface area contributed by atoms with Crippen molar-refractivity contribution in [2.75, 3.05) is 6.61 Å². The molecule has 1 aromatic heterocycles. The standard InChI is InChI=1S/C12H18N4O3/c1-5-19-11(17)10-6(2)9(7(3)14-10)8(4)15-16-12(13)18/h14H,5H2,1-4H3,(H3,13,16,18)/b15-8+. The first-order chi connectivity index (χ1) is 8.88. The molecule has 0 saturated carbocycles. The van der Waals surface area contributed by atoms with E-state index in [0.717, 1.165) is 16.8 Å². The van der Waals surface area contributed by atoms with Gasteiger partial charge in [0.15, 0.2) is 0 Å². The van der Waals surface area contributed by atoms with Crippen LogP contribution < -0.4 is 11.2 Å². The molecule has 19 heavy (non-hydrogen) atoms. The maximum absolute atomic E-state index is 11.7. The van der Waals surface area contributed by atoms with Crippen molar-refractivity contribution in [1.82, 2.24) is 10.4 Å². The third kappa shape index (κ3) is 3.34. The van der Waals surface area contributed by atoms with Gasteiger partial charge in [-0.15, -0.1) is 0 Å². The highest BCUT2D eigenvalue weighted by molar-refractivity contribution is 6.04. The maximum atomic E-state index is 11.7. The number of H-pyrrole nitrogens is 1. The molecule has 1 heterocycles. The topological polar surface area (TPSA) is 110 Å². The van der Waals surface area contributed by atoms with Crippen LogP contribution in [0.2, 0.25) is 0 Å². The van der Waals surface area contributed by atoms with Gasteiger partial charge >= 0.3 is 12.0 Å². The molecule has 0 aliphatic carbocycles. The van der Waals surface area contributed by atoms with E-state index in [1.807, 2.05) is 6.92 Å². The highest BCUT2D eigenvalue weighted by atomic mass is 16.5. The van der Waals surface area contributed by atoms with Gasteiger partial charge in [0, 0.05) is 11.3 Å². The van der Waals surface area contributed by atoms with Crippen LogP contribution in [0.15, 0.2) is 5.10 Å². The number of nitrogens with zero attached hydrogens (tertiary/aromatic N) is 1. The Hall–Kier alpha value is -2.31. The van der Waals surface area contributed by atoms with Crippen molar-refractivity contribution in [2.45, 2.75) is 27.7 Å². The number of amides is 2. The molecule has 0 bridgehead atoms. The van der Waals surface area contributed by atoms with Gasteiger partial charge in [0.2, 0.25) is 0 Å². The molecule has 1 rings (SSSR count). The molecule has 0 radical (unpaired) electrons. The molecule has 7 heteroatoms. The fraction of sp³-hybridized carbons (Fsp3) is 0.417. The molecule has 7 nitrogen and oxygen atoms in total. The predicted octanol–water partition coefficient (Wildman–Crippen LogP) is 1.20. The van der Waals surface area contributed by atoms with Gasteiger partial charge < -0.3 is 15.5 Å². The van der Waals surface area contributed by atoms with Crippen molar-refractivity contribution >= 4 is 17.7 Å². The van der Waals surface area contributed by atoms with Crippen LogP contribution in [0.3, 0.4) is 0 Å². The summed E-state index contributed by atoms with van der Waals surface area (Å²) in [6, 6.07) is -0.740. The molecule has 0 fully saturated rings. The van der Waals surface area contributed by atoms with E-state index in [1.54, 1.807) is 20.8 Å². The molecule has 0 unspecified atom stereocenters. The maximum Gasteiger partial charge on any atom is 0.355 e. The summed E-state index contributed by atoms with van der Waals surface area (Å²) in [4.78, 5) is 25.3. The monoisotopic (exact) mass is 266 g/mol. The molecule has 104 valence electrons.